The lowest BCUT2D eigenvalue weighted by atomic mass is 10.1. The van der Waals surface area contributed by atoms with E-state index in [0.717, 1.165) is 24.2 Å². The van der Waals surface area contributed by atoms with E-state index in [1.165, 1.54) is 12.1 Å². The first-order valence-electron chi connectivity index (χ1n) is 9.79. The van der Waals surface area contributed by atoms with E-state index in [1.54, 1.807) is 34.9 Å². The summed E-state index contributed by atoms with van der Waals surface area (Å²) in [6.07, 6.45) is 1.79. The Morgan fingerprint density at radius 2 is 1.90 bits per heavy atom. The molecule has 0 aliphatic heterocycles. The topological polar surface area (TPSA) is 97.3 Å². The van der Waals surface area contributed by atoms with Crippen molar-refractivity contribution in [3.63, 3.8) is 0 Å². The van der Waals surface area contributed by atoms with Gasteiger partial charge in [0.25, 0.3) is 15.9 Å². The fourth-order valence-corrected chi connectivity index (χ4v) is 5.35. The molecule has 0 unspecified atom stereocenters. The summed E-state index contributed by atoms with van der Waals surface area (Å²) < 4.78 is 30.7. The van der Waals surface area contributed by atoms with Gasteiger partial charge in [-0.1, -0.05) is 36.8 Å². The van der Waals surface area contributed by atoms with E-state index in [-0.39, 0.29) is 33.0 Å². The zero-order chi connectivity index (χ0) is 21.9. The van der Waals surface area contributed by atoms with E-state index in [9.17, 15) is 18.0 Å². The van der Waals surface area contributed by atoms with E-state index in [4.69, 9.17) is 0 Å². The molecule has 0 aliphatic carbocycles. The molecule has 0 aliphatic rings. The highest BCUT2D eigenvalue weighted by Gasteiger charge is 2.20. The number of benzene rings is 2. The third-order valence-electron chi connectivity index (χ3n) is 4.64. The van der Waals surface area contributed by atoms with Crippen LogP contribution >= 0.6 is 11.3 Å². The second-order valence-electron chi connectivity index (χ2n) is 7.22. The van der Waals surface area contributed by atoms with Crippen LogP contribution in [-0.2, 0) is 10.0 Å². The summed E-state index contributed by atoms with van der Waals surface area (Å²) in [5.41, 5.74) is 1.17. The van der Waals surface area contributed by atoms with Crippen molar-refractivity contribution >= 4 is 43.2 Å². The Bertz CT molecular complexity index is 1230. The van der Waals surface area contributed by atoms with Crippen molar-refractivity contribution in [1.29, 1.82) is 0 Å². The Hall–Kier alpha value is -2.65. The molecule has 3 aromatic rings. The van der Waals surface area contributed by atoms with Crippen molar-refractivity contribution in [2.24, 2.45) is 0 Å². The van der Waals surface area contributed by atoms with Crippen LogP contribution in [0.1, 0.15) is 50.0 Å². The van der Waals surface area contributed by atoms with Gasteiger partial charge in [-0.15, -0.1) is 0 Å². The number of amides is 1. The number of anilines is 1. The number of sulfonamides is 1. The van der Waals surface area contributed by atoms with Gasteiger partial charge < -0.3 is 5.32 Å². The molecule has 2 N–H and O–H groups in total. The summed E-state index contributed by atoms with van der Waals surface area (Å²) in [5, 5.41) is 2.80. The number of rotatable bonds is 8. The summed E-state index contributed by atoms with van der Waals surface area (Å²) in [6, 6.07) is 11.1. The standard InChI is InChI=1S/C21H25N3O4S2/c1-4-5-12-22-20(25)16-8-6-7-9-17(16)23-30(27,28)15-10-11-18-19(13-15)29-21(26)24(18)14(2)3/h6-11,13-14,23H,4-5,12H2,1-3H3,(H,22,25). The number of carbonyl (C=O) groups is 1. The van der Waals surface area contributed by atoms with Crippen LogP contribution in [0.3, 0.4) is 0 Å². The van der Waals surface area contributed by atoms with Crippen LogP contribution in [0.4, 0.5) is 5.69 Å². The van der Waals surface area contributed by atoms with Gasteiger partial charge in [0.05, 0.1) is 26.4 Å². The predicted molar refractivity (Wildman–Crippen MR) is 121 cm³/mol. The van der Waals surface area contributed by atoms with Gasteiger partial charge in [0, 0.05) is 12.6 Å². The Labute approximate surface area is 179 Å². The fraction of sp³-hybridized carbons (Fsp3) is 0.333. The predicted octanol–water partition coefficient (Wildman–Crippen LogP) is 3.97. The van der Waals surface area contributed by atoms with E-state index in [1.807, 2.05) is 20.8 Å². The molecule has 1 heterocycles. The van der Waals surface area contributed by atoms with Gasteiger partial charge in [-0.25, -0.2) is 8.42 Å². The number of hydrogen-bond donors (Lipinski definition) is 2. The van der Waals surface area contributed by atoms with Crippen LogP contribution in [0, 0.1) is 0 Å². The van der Waals surface area contributed by atoms with Crippen LogP contribution in [0.15, 0.2) is 52.2 Å². The third kappa shape index (κ3) is 4.57. The second-order valence-corrected chi connectivity index (χ2v) is 9.90. The molecule has 1 amide bonds. The Morgan fingerprint density at radius 1 is 1.17 bits per heavy atom. The van der Waals surface area contributed by atoms with Crippen LogP contribution in [-0.4, -0.2) is 25.4 Å². The molecule has 0 fully saturated rings. The van der Waals surface area contributed by atoms with Gasteiger partial charge in [0.2, 0.25) is 0 Å². The molecule has 0 atom stereocenters. The number of fused-ring (bicyclic) bond motifs is 1. The minimum atomic E-state index is -3.94. The van der Waals surface area contributed by atoms with Crippen molar-refractivity contribution in [3.05, 3.63) is 57.7 Å². The fourth-order valence-electron chi connectivity index (χ4n) is 3.12. The summed E-state index contributed by atoms with van der Waals surface area (Å²) in [5.74, 6) is -0.329. The molecule has 0 saturated heterocycles. The van der Waals surface area contributed by atoms with Crippen molar-refractivity contribution in [3.8, 4) is 0 Å². The lowest BCUT2D eigenvalue weighted by Gasteiger charge is -2.13. The number of thiazole rings is 1. The Kier molecular flexibility index (Phi) is 6.62. The average molecular weight is 448 g/mol. The minimum absolute atomic E-state index is 0.0232. The van der Waals surface area contributed by atoms with Crippen molar-refractivity contribution < 1.29 is 13.2 Å². The van der Waals surface area contributed by atoms with Gasteiger partial charge in [-0.3, -0.25) is 18.9 Å². The zero-order valence-corrected chi connectivity index (χ0v) is 18.8. The first-order chi connectivity index (χ1) is 14.2. The average Bonchev–Trinajstić information content (AvgIpc) is 3.03. The summed E-state index contributed by atoms with van der Waals surface area (Å²) in [7, 11) is -3.94. The first kappa shape index (κ1) is 22.0. The molecule has 160 valence electrons. The monoisotopic (exact) mass is 447 g/mol. The molecule has 1 aromatic heterocycles. The van der Waals surface area contributed by atoms with Crippen LogP contribution in [0.2, 0.25) is 0 Å². The molecule has 0 saturated carbocycles. The van der Waals surface area contributed by atoms with Gasteiger partial charge in [0.1, 0.15) is 0 Å². The number of unbranched alkanes of at least 4 members (excludes halogenated alkanes) is 1. The van der Waals surface area contributed by atoms with E-state index in [0.29, 0.717) is 16.8 Å². The number of nitrogens with one attached hydrogen (secondary N) is 2. The lowest BCUT2D eigenvalue weighted by molar-refractivity contribution is 0.0954. The van der Waals surface area contributed by atoms with E-state index >= 15 is 0 Å². The minimum Gasteiger partial charge on any atom is -0.352 e. The SMILES string of the molecule is CCCCNC(=O)c1ccccc1NS(=O)(=O)c1ccc2c(c1)sc(=O)n2C(C)C. The third-order valence-corrected chi connectivity index (χ3v) is 6.92. The maximum absolute atomic E-state index is 13.0. The van der Waals surface area contributed by atoms with Crippen LogP contribution < -0.4 is 14.9 Å². The molecule has 0 bridgehead atoms. The Balaban J connectivity index is 1.92. The van der Waals surface area contributed by atoms with Crippen LogP contribution in [0.25, 0.3) is 10.2 Å². The molecule has 7 nitrogen and oxygen atoms in total. The Morgan fingerprint density at radius 3 is 2.60 bits per heavy atom. The summed E-state index contributed by atoms with van der Waals surface area (Å²) >= 11 is 1.01. The first-order valence-corrected chi connectivity index (χ1v) is 12.1. The van der Waals surface area contributed by atoms with Crippen LogP contribution in [0.5, 0.6) is 0 Å². The van der Waals surface area contributed by atoms with Crippen molar-refractivity contribution in [2.45, 2.75) is 44.6 Å². The normalized spacial score (nSPS) is 11.7. The highest BCUT2D eigenvalue weighted by Crippen LogP contribution is 2.26. The maximum Gasteiger partial charge on any atom is 0.308 e. The summed E-state index contributed by atoms with van der Waals surface area (Å²) in [6.45, 7) is 6.36. The largest absolute Gasteiger partial charge is 0.352 e. The number of hydrogen-bond acceptors (Lipinski definition) is 5. The van der Waals surface area contributed by atoms with Gasteiger partial charge >= 0.3 is 4.87 Å². The molecule has 9 heteroatoms. The zero-order valence-electron chi connectivity index (χ0n) is 17.1. The van der Waals surface area contributed by atoms with Crippen molar-refractivity contribution in [2.75, 3.05) is 11.3 Å². The van der Waals surface area contributed by atoms with E-state index < -0.39 is 10.0 Å². The second kappa shape index (κ2) is 9.01. The summed E-state index contributed by atoms with van der Waals surface area (Å²) in [4.78, 5) is 24.6. The number of carbonyl (C=O) groups excluding carboxylic acids is 1. The number of para-hydroxylation sites is 1. The smallest absolute Gasteiger partial charge is 0.308 e. The highest BCUT2D eigenvalue weighted by molar-refractivity contribution is 7.92. The van der Waals surface area contributed by atoms with E-state index in [2.05, 4.69) is 10.0 Å². The number of aromatic nitrogens is 1. The van der Waals surface area contributed by atoms with Gasteiger partial charge in [-0.2, -0.15) is 0 Å². The molecule has 2 aromatic carbocycles. The molecular weight excluding hydrogens is 422 g/mol. The molecule has 3 rings (SSSR count). The molecule has 0 radical (unpaired) electrons. The van der Waals surface area contributed by atoms with Gasteiger partial charge in [-0.05, 0) is 50.6 Å². The molecule has 0 spiro atoms. The maximum atomic E-state index is 13.0. The highest BCUT2D eigenvalue weighted by atomic mass is 32.2. The van der Waals surface area contributed by atoms with Gasteiger partial charge in [0.15, 0.2) is 0 Å². The number of nitrogens with zero attached hydrogens (tertiary/aromatic N) is 1. The van der Waals surface area contributed by atoms with Crippen molar-refractivity contribution in [1.82, 2.24) is 9.88 Å². The molecule has 30 heavy (non-hydrogen) atoms. The quantitative estimate of drug-likeness (QED) is 0.511. The lowest BCUT2D eigenvalue weighted by Crippen LogP contribution is -2.26. The molecular formula is C21H25N3O4S2.